The van der Waals surface area contributed by atoms with Crippen molar-refractivity contribution in [1.82, 2.24) is 4.90 Å². The lowest BCUT2D eigenvalue weighted by Gasteiger charge is -2.35. The molecule has 0 N–H and O–H groups in total. The molecule has 1 aromatic rings. The van der Waals surface area contributed by atoms with Gasteiger partial charge in [0.15, 0.2) is 0 Å². The summed E-state index contributed by atoms with van der Waals surface area (Å²) in [6.45, 7) is 8.57. The Balaban J connectivity index is 1.68. The predicted octanol–water partition coefficient (Wildman–Crippen LogP) is 7.60. The van der Waals surface area contributed by atoms with E-state index >= 15 is 0 Å². The molecule has 4 aliphatic heterocycles. The van der Waals surface area contributed by atoms with Crippen LogP contribution in [0, 0.1) is 17.7 Å². The normalized spacial score (nSPS) is 28.4. The molecule has 1 aromatic carbocycles. The van der Waals surface area contributed by atoms with Gasteiger partial charge in [0.05, 0.1) is 16.7 Å². The average Bonchev–Trinajstić information content (AvgIpc) is 3.58. The second-order valence-electron chi connectivity index (χ2n) is 9.42. The molecule has 0 bridgehead atoms. The van der Waals surface area contributed by atoms with E-state index < -0.39 is 12.2 Å². The molecule has 3 unspecified atom stereocenters. The minimum atomic E-state index is -1.10. The van der Waals surface area contributed by atoms with Gasteiger partial charge in [-0.25, -0.2) is 13.8 Å². The van der Waals surface area contributed by atoms with E-state index in [1.807, 2.05) is 18.2 Å². The van der Waals surface area contributed by atoms with Crippen molar-refractivity contribution in [2.75, 3.05) is 6.54 Å². The van der Waals surface area contributed by atoms with Gasteiger partial charge in [-0.05, 0) is 67.4 Å². The number of halogens is 3. The number of rotatable bonds is 6. The van der Waals surface area contributed by atoms with Crippen LogP contribution in [-0.4, -0.2) is 34.4 Å². The van der Waals surface area contributed by atoms with E-state index in [1.54, 1.807) is 17.8 Å². The third-order valence-corrected chi connectivity index (χ3v) is 8.42. The highest BCUT2D eigenvalue weighted by atomic mass is 35.5. The summed E-state index contributed by atoms with van der Waals surface area (Å²) in [6, 6.07) is 4.06. The van der Waals surface area contributed by atoms with Gasteiger partial charge >= 0.3 is 0 Å². The standard InChI is InChI=1S/C28H28ClF2N3S/c1-4-16(2)18-13-24-26(23-10-8-20(32-23)12-17(3)30)27(21-9-7-19(31)14-22(21)29)33-28(34(24)15-18)25-6-5-11-35-25/h4-5,7-12,14,16-18,25,27H,1,6,13,15H2,2-3H3/b20-12-/t16?,17?,18-,25?,27-/m0/s1. The van der Waals surface area contributed by atoms with E-state index in [1.165, 1.54) is 30.8 Å². The van der Waals surface area contributed by atoms with Gasteiger partial charge in [-0.3, -0.25) is 4.99 Å². The molecule has 0 amide bonds. The van der Waals surface area contributed by atoms with Crippen LogP contribution in [-0.2, 0) is 0 Å². The molecule has 0 saturated carbocycles. The minimum absolute atomic E-state index is 0.218. The maximum atomic E-state index is 14.0. The number of amidine groups is 1. The summed E-state index contributed by atoms with van der Waals surface area (Å²) in [5.41, 5.74) is 4.23. The van der Waals surface area contributed by atoms with Crippen molar-refractivity contribution in [3.8, 4) is 0 Å². The molecule has 0 radical (unpaired) electrons. The van der Waals surface area contributed by atoms with Crippen LogP contribution in [0.1, 0.15) is 38.3 Å². The smallest absolute Gasteiger partial charge is 0.124 e. The van der Waals surface area contributed by atoms with Gasteiger partial charge in [-0.1, -0.05) is 36.7 Å². The highest BCUT2D eigenvalue weighted by Gasteiger charge is 2.43. The summed E-state index contributed by atoms with van der Waals surface area (Å²) in [4.78, 5) is 12.4. The van der Waals surface area contributed by atoms with Crippen LogP contribution in [0.5, 0.6) is 0 Å². The van der Waals surface area contributed by atoms with Gasteiger partial charge in [0.25, 0.3) is 0 Å². The molecule has 0 spiro atoms. The highest BCUT2D eigenvalue weighted by molar-refractivity contribution is 8.03. The van der Waals surface area contributed by atoms with Crippen molar-refractivity contribution >= 4 is 34.9 Å². The van der Waals surface area contributed by atoms with Crippen molar-refractivity contribution < 1.29 is 8.78 Å². The third kappa shape index (κ3) is 4.70. The Kier molecular flexibility index (Phi) is 6.86. The fourth-order valence-corrected chi connectivity index (χ4v) is 6.34. The number of alkyl halides is 1. The molecular formula is C28H28ClF2N3S. The summed E-state index contributed by atoms with van der Waals surface area (Å²) in [6.07, 6.45) is 10.1. The zero-order valence-corrected chi connectivity index (χ0v) is 21.4. The number of nitrogens with zero attached hydrogens (tertiary/aromatic N) is 3. The molecule has 1 saturated heterocycles. The molecule has 0 aromatic heterocycles. The monoisotopic (exact) mass is 511 g/mol. The van der Waals surface area contributed by atoms with Gasteiger partial charge in [-0.2, -0.15) is 0 Å². The largest absolute Gasteiger partial charge is 0.332 e. The highest BCUT2D eigenvalue weighted by Crippen LogP contribution is 2.47. The maximum Gasteiger partial charge on any atom is 0.124 e. The minimum Gasteiger partial charge on any atom is -0.332 e. The lowest BCUT2D eigenvalue weighted by molar-refractivity contribution is 0.417. The summed E-state index contributed by atoms with van der Waals surface area (Å²) >= 11 is 8.36. The first-order valence-electron chi connectivity index (χ1n) is 11.9. The quantitative estimate of drug-likeness (QED) is 0.368. The van der Waals surface area contributed by atoms with Crippen LogP contribution in [0.25, 0.3) is 0 Å². The van der Waals surface area contributed by atoms with Crippen LogP contribution < -0.4 is 0 Å². The molecule has 5 rings (SSSR count). The molecule has 1 fully saturated rings. The Hall–Kier alpha value is -2.44. The average molecular weight is 512 g/mol. The lowest BCUT2D eigenvalue weighted by Crippen LogP contribution is -2.39. The van der Waals surface area contributed by atoms with Crippen LogP contribution in [0.15, 0.2) is 87.5 Å². The lowest BCUT2D eigenvalue weighted by atomic mass is 9.88. The zero-order valence-electron chi connectivity index (χ0n) is 19.8. The van der Waals surface area contributed by atoms with Gasteiger partial charge in [0.1, 0.15) is 23.9 Å². The van der Waals surface area contributed by atoms with Gasteiger partial charge in [0, 0.05) is 28.4 Å². The van der Waals surface area contributed by atoms with Gasteiger partial charge in [-0.15, -0.1) is 18.3 Å². The molecule has 7 heteroatoms. The van der Waals surface area contributed by atoms with Crippen molar-refractivity contribution in [3.05, 3.63) is 93.9 Å². The molecule has 35 heavy (non-hydrogen) atoms. The van der Waals surface area contributed by atoms with E-state index in [0.29, 0.717) is 22.6 Å². The number of fused-ring (bicyclic) bond motifs is 1. The molecule has 0 aliphatic carbocycles. The Morgan fingerprint density at radius 1 is 1.29 bits per heavy atom. The van der Waals surface area contributed by atoms with Crippen molar-refractivity contribution in [3.63, 3.8) is 0 Å². The topological polar surface area (TPSA) is 28.0 Å². The molecular weight excluding hydrogens is 484 g/mol. The number of benzene rings is 1. The van der Waals surface area contributed by atoms with Crippen molar-refractivity contribution in [2.45, 2.75) is 44.2 Å². The molecule has 5 atom stereocenters. The summed E-state index contributed by atoms with van der Waals surface area (Å²) in [7, 11) is 0. The molecule has 182 valence electrons. The summed E-state index contributed by atoms with van der Waals surface area (Å²) in [5.74, 6) is 1.36. The fourth-order valence-electron chi connectivity index (χ4n) is 5.12. The van der Waals surface area contributed by atoms with Gasteiger partial charge < -0.3 is 4.90 Å². The van der Waals surface area contributed by atoms with Crippen LogP contribution in [0.3, 0.4) is 0 Å². The SMILES string of the molecule is C=CC(C)[C@H]1CC2=C(C3=N/C(=C\C(C)F)C=C3)[C@H](c3ccc(F)cc3Cl)N=C(C3CC=CS3)N2C1. The van der Waals surface area contributed by atoms with Gasteiger partial charge in [0.2, 0.25) is 0 Å². The second-order valence-corrected chi connectivity index (χ2v) is 10.9. The van der Waals surface area contributed by atoms with E-state index in [4.69, 9.17) is 21.6 Å². The Bertz CT molecular complexity index is 1220. The van der Waals surface area contributed by atoms with Crippen LogP contribution in [0.2, 0.25) is 5.02 Å². The number of hydrogen-bond acceptors (Lipinski definition) is 4. The van der Waals surface area contributed by atoms with Crippen LogP contribution >= 0.6 is 23.4 Å². The Morgan fingerprint density at radius 2 is 2.11 bits per heavy atom. The maximum absolute atomic E-state index is 14.0. The number of aliphatic imine (C=N–C) groups is 2. The predicted molar refractivity (Wildman–Crippen MR) is 143 cm³/mol. The third-order valence-electron chi connectivity index (χ3n) is 7.01. The Labute approximate surface area is 214 Å². The van der Waals surface area contributed by atoms with E-state index in [2.05, 4.69) is 29.9 Å². The van der Waals surface area contributed by atoms with E-state index in [0.717, 1.165) is 42.1 Å². The fraction of sp³-hybridized carbons (Fsp3) is 0.357. The second kappa shape index (κ2) is 9.90. The van der Waals surface area contributed by atoms with Crippen molar-refractivity contribution in [1.29, 1.82) is 0 Å². The summed E-state index contributed by atoms with van der Waals surface area (Å²) in [5, 5.41) is 2.69. The zero-order chi connectivity index (χ0) is 24.7. The van der Waals surface area contributed by atoms with E-state index in [-0.39, 0.29) is 11.1 Å². The summed E-state index contributed by atoms with van der Waals surface area (Å²) < 4.78 is 27.6. The van der Waals surface area contributed by atoms with E-state index in [9.17, 15) is 8.78 Å². The molecule has 4 aliphatic rings. The number of allylic oxidation sites excluding steroid dienone is 6. The first-order valence-corrected chi connectivity index (χ1v) is 13.3. The van der Waals surface area contributed by atoms with Crippen molar-refractivity contribution in [2.24, 2.45) is 21.8 Å². The first-order chi connectivity index (χ1) is 16.9. The first kappa shape index (κ1) is 24.3. The molecule has 4 heterocycles. The number of hydrogen-bond donors (Lipinski definition) is 0. The van der Waals surface area contributed by atoms with Crippen LogP contribution in [0.4, 0.5) is 8.78 Å². The number of thioether (sulfide) groups is 1. The molecule has 3 nitrogen and oxygen atoms in total. The Morgan fingerprint density at radius 3 is 2.80 bits per heavy atom.